The second kappa shape index (κ2) is 9.36. The van der Waals surface area contributed by atoms with Crippen LogP contribution in [-0.2, 0) is 14.3 Å². The van der Waals surface area contributed by atoms with E-state index in [9.17, 15) is 19.5 Å². The van der Waals surface area contributed by atoms with Crippen LogP contribution in [0.15, 0.2) is 48.5 Å². The minimum absolute atomic E-state index is 0.0133. The molecule has 7 heteroatoms. The van der Waals surface area contributed by atoms with Crippen molar-refractivity contribution in [2.75, 3.05) is 19.7 Å². The molecule has 0 aromatic heterocycles. The number of alkyl carbamates (subject to hydrolysis) is 1. The highest BCUT2D eigenvalue weighted by atomic mass is 16.5. The van der Waals surface area contributed by atoms with Crippen LogP contribution in [0.5, 0.6) is 0 Å². The van der Waals surface area contributed by atoms with Crippen LogP contribution >= 0.6 is 0 Å². The Morgan fingerprint density at radius 3 is 2.37 bits per heavy atom. The number of rotatable bonds is 7. The number of carboxylic acids is 1. The van der Waals surface area contributed by atoms with Crippen molar-refractivity contribution in [3.05, 3.63) is 59.7 Å². The summed E-state index contributed by atoms with van der Waals surface area (Å²) < 4.78 is 5.65. The molecule has 1 saturated carbocycles. The number of carboxylic acid groups (broad SMARTS) is 1. The van der Waals surface area contributed by atoms with Crippen molar-refractivity contribution >= 4 is 18.0 Å². The molecule has 5 rings (SSSR count). The monoisotopic (exact) mass is 476 g/mol. The Morgan fingerprint density at radius 2 is 1.77 bits per heavy atom. The number of nitrogens with one attached hydrogen (secondary N) is 1. The van der Waals surface area contributed by atoms with Crippen molar-refractivity contribution in [2.45, 2.75) is 51.0 Å². The summed E-state index contributed by atoms with van der Waals surface area (Å²) in [5.74, 6) is -1.09. The van der Waals surface area contributed by atoms with E-state index in [2.05, 4.69) is 29.6 Å². The highest BCUT2D eigenvalue weighted by molar-refractivity contribution is 5.87. The molecule has 3 aliphatic rings. The molecule has 2 N–H and O–H groups in total. The number of aliphatic carboxylic acids is 1. The van der Waals surface area contributed by atoms with E-state index in [0.29, 0.717) is 25.8 Å². The van der Waals surface area contributed by atoms with Gasteiger partial charge in [-0.15, -0.1) is 0 Å². The fourth-order valence-electron chi connectivity index (χ4n) is 6.36. The van der Waals surface area contributed by atoms with E-state index >= 15 is 0 Å². The number of ether oxygens (including phenoxy) is 1. The maximum atomic E-state index is 13.3. The highest BCUT2D eigenvalue weighted by Crippen LogP contribution is 2.49. The van der Waals surface area contributed by atoms with Gasteiger partial charge < -0.3 is 20.1 Å². The van der Waals surface area contributed by atoms with E-state index in [0.717, 1.165) is 35.1 Å². The lowest BCUT2D eigenvalue weighted by Crippen LogP contribution is -2.49. The Hall–Kier alpha value is -3.35. The topological polar surface area (TPSA) is 95.9 Å². The smallest absolute Gasteiger partial charge is 0.407 e. The fraction of sp³-hybridized carbons (Fsp3) is 0.464. The van der Waals surface area contributed by atoms with E-state index in [1.807, 2.05) is 31.2 Å². The van der Waals surface area contributed by atoms with Crippen LogP contribution in [0.4, 0.5) is 4.79 Å². The fourth-order valence-corrected chi connectivity index (χ4v) is 6.36. The Bertz CT molecular complexity index is 1100. The van der Waals surface area contributed by atoms with Crippen molar-refractivity contribution < 1.29 is 24.2 Å². The number of carbonyl (C=O) groups excluding carboxylic acids is 2. The van der Waals surface area contributed by atoms with Crippen LogP contribution in [0.2, 0.25) is 0 Å². The molecule has 2 aromatic rings. The molecule has 184 valence electrons. The van der Waals surface area contributed by atoms with Gasteiger partial charge in [-0.05, 0) is 47.4 Å². The van der Waals surface area contributed by atoms with Crippen molar-refractivity contribution in [3.8, 4) is 11.1 Å². The molecule has 35 heavy (non-hydrogen) atoms. The number of carbonyl (C=O) groups is 3. The first-order valence-corrected chi connectivity index (χ1v) is 12.6. The van der Waals surface area contributed by atoms with Gasteiger partial charge in [0.2, 0.25) is 5.91 Å². The van der Waals surface area contributed by atoms with E-state index in [1.165, 1.54) is 0 Å². The second-order valence-corrected chi connectivity index (χ2v) is 10.1. The van der Waals surface area contributed by atoms with Gasteiger partial charge in [0, 0.05) is 19.0 Å². The largest absolute Gasteiger partial charge is 0.481 e. The lowest BCUT2D eigenvalue weighted by atomic mass is 9.81. The zero-order chi connectivity index (χ0) is 24.6. The van der Waals surface area contributed by atoms with E-state index in [4.69, 9.17) is 4.74 Å². The predicted octanol–water partition coefficient (Wildman–Crippen LogP) is 4.41. The SMILES string of the molecule is CCCC(NC(=O)OCC1c2ccccc2-c2ccccc21)C(=O)N1C[C@@H]2CCC[C@]2(C(=O)O)C1. The third-order valence-corrected chi connectivity index (χ3v) is 8.12. The van der Waals surface area contributed by atoms with Gasteiger partial charge in [-0.25, -0.2) is 4.79 Å². The Labute approximate surface area is 205 Å². The van der Waals surface area contributed by atoms with Crippen LogP contribution in [0.1, 0.15) is 56.1 Å². The Kier molecular flexibility index (Phi) is 6.26. The first-order valence-electron chi connectivity index (χ1n) is 12.6. The number of nitrogens with zero attached hydrogens (tertiary/aromatic N) is 1. The first kappa shape index (κ1) is 23.4. The number of hydrogen-bond acceptors (Lipinski definition) is 4. The standard InChI is InChI=1S/C28H32N2O5/c1-2-8-24(25(31)30-15-18-9-7-14-28(18,17-30)26(32)33)29-27(34)35-16-23-21-12-5-3-10-19(21)20-11-4-6-13-22(20)23/h3-6,10-13,18,23-24H,2,7-9,14-17H2,1H3,(H,29,34)(H,32,33)/t18-,24?,28-/m0/s1. The number of hydrogen-bond donors (Lipinski definition) is 2. The van der Waals surface area contributed by atoms with E-state index < -0.39 is 23.5 Å². The lowest BCUT2D eigenvalue weighted by Gasteiger charge is -2.26. The molecule has 0 spiro atoms. The number of likely N-dealkylation sites (tertiary alicyclic amines) is 1. The van der Waals surface area contributed by atoms with Gasteiger partial charge in [-0.1, -0.05) is 68.3 Å². The lowest BCUT2D eigenvalue weighted by molar-refractivity contribution is -0.149. The Balaban J connectivity index is 1.24. The maximum Gasteiger partial charge on any atom is 0.407 e. The van der Waals surface area contributed by atoms with Gasteiger partial charge in [0.05, 0.1) is 5.41 Å². The molecule has 2 aliphatic carbocycles. The van der Waals surface area contributed by atoms with Gasteiger partial charge in [0.15, 0.2) is 0 Å². The molecule has 1 unspecified atom stereocenters. The molecule has 0 bridgehead atoms. The zero-order valence-corrected chi connectivity index (χ0v) is 20.0. The van der Waals surface area contributed by atoms with Crippen molar-refractivity contribution in [3.63, 3.8) is 0 Å². The summed E-state index contributed by atoms with van der Waals surface area (Å²) in [6.07, 6.45) is 2.88. The summed E-state index contributed by atoms with van der Waals surface area (Å²) in [6.45, 7) is 2.80. The van der Waals surface area contributed by atoms with Gasteiger partial charge >= 0.3 is 12.1 Å². The summed E-state index contributed by atoms with van der Waals surface area (Å²) in [4.78, 5) is 39.8. The van der Waals surface area contributed by atoms with Gasteiger partial charge in [-0.3, -0.25) is 9.59 Å². The third-order valence-electron chi connectivity index (χ3n) is 8.12. The summed E-state index contributed by atoms with van der Waals surface area (Å²) in [5.41, 5.74) is 3.73. The van der Waals surface area contributed by atoms with Crippen LogP contribution in [0.25, 0.3) is 11.1 Å². The van der Waals surface area contributed by atoms with Crippen LogP contribution in [0.3, 0.4) is 0 Å². The summed E-state index contributed by atoms with van der Waals surface area (Å²) in [6, 6.07) is 15.6. The number of amides is 2. The number of benzene rings is 2. The van der Waals surface area contributed by atoms with Crippen molar-refractivity contribution in [1.29, 1.82) is 0 Å². The summed E-state index contributed by atoms with van der Waals surface area (Å²) in [7, 11) is 0. The zero-order valence-electron chi connectivity index (χ0n) is 20.0. The molecule has 2 aromatic carbocycles. The molecule has 7 nitrogen and oxygen atoms in total. The molecule has 2 fully saturated rings. The molecule has 1 aliphatic heterocycles. The predicted molar refractivity (Wildman–Crippen MR) is 131 cm³/mol. The number of fused-ring (bicyclic) bond motifs is 4. The van der Waals surface area contributed by atoms with Crippen molar-refractivity contribution in [1.82, 2.24) is 10.2 Å². The van der Waals surface area contributed by atoms with Gasteiger partial charge in [0.25, 0.3) is 0 Å². The molecule has 1 heterocycles. The molecule has 0 radical (unpaired) electrons. The van der Waals surface area contributed by atoms with Crippen molar-refractivity contribution in [2.24, 2.45) is 11.3 Å². The summed E-state index contributed by atoms with van der Waals surface area (Å²) in [5, 5.41) is 12.6. The molecule has 3 atom stereocenters. The maximum absolute atomic E-state index is 13.3. The van der Waals surface area contributed by atoms with E-state index in [-0.39, 0.29) is 30.9 Å². The quantitative estimate of drug-likeness (QED) is 0.617. The molecular weight excluding hydrogens is 444 g/mol. The first-order chi connectivity index (χ1) is 16.9. The Morgan fingerprint density at radius 1 is 1.11 bits per heavy atom. The van der Waals surface area contributed by atoms with Crippen LogP contribution in [0, 0.1) is 11.3 Å². The third kappa shape index (κ3) is 4.07. The normalized spacial score (nSPS) is 23.3. The van der Waals surface area contributed by atoms with Crippen LogP contribution < -0.4 is 5.32 Å². The minimum atomic E-state index is -0.837. The average Bonchev–Trinajstić information content (AvgIpc) is 3.52. The van der Waals surface area contributed by atoms with Gasteiger partial charge in [-0.2, -0.15) is 0 Å². The minimum Gasteiger partial charge on any atom is -0.481 e. The van der Waals surface area contributed by atoms with E-state index in [1.54, 1.807) is 4.90 Å². The second-order valence-electron chi connectivity index (χ2n) is 10.1. The summed E-state index contributed by atoms with van der Waals surface area (Å²) >= 11 is 0. The molecule has 1 saturated heterocycles. The molecule has 2 amide bonds. The molecular formula is C28H32N2O5. The highest BCUT2D eigenvalue weighted by Gasteiger charge is 2.56. The average molecular weight is 477 g/mol. The van der Waals surface area contributed by atoms with Gasteiger partial charge in [0.1, 0.15) is 12.6 Å². The van der Waals surface area contributed by atoms with Crippen LogP contribution in [-0.4, -0.2) is 53.7 Å².